The van der Waals surface area contributed by atoms with Crippen LogP contribution in [0.5, 0.6) is 0 Å². The first-order valence-electron chi connectivity index (χ1n) is 6.44. The van der Waals surface area contributed by atoms with Crippen LogP contribution in [0, 0.1) is 0 Å². The molecule has 1 rings (SSSR count). The van der Waals surface area contributed by atoms with Gasteiger partial charge < -0.3 is 14.4 Å². The number of hydrogen-bond donors (Lipinski definition) is 2. The normalized spacial score (nSPS) is 22.8. The Morgan fingerprint density at radius 2 is 1.85 bits per heavy atom. The van der Waals surface area contributed by atoms with Gasteiger partial charge in [0.1, 0.15) is 5.54 Å². The number of nitrogens with one attached hydrogen (secondary N) is 2. The maximum Gasteiger partial charge on any atom is 0.340 e. The van der Waals surface area contributed by atoms with E-state index in [1.54, 1.807) is 20.8 Å². The van der Waals surface area contributed by atoms with Crippen LogP contribution in [0.1, 0.15) is 27.2 Å². The number of thioether (sulfide) groups is 1. The molecule has 2 N–H and O–H groups in total. The smallest absolute Gasteiger partial charge is 0.324 e. The summed E-state index contributed by atoms with van der Waals surface area (Å²) in [6.07, 6.45) is 0.452. The summed E-state index contributed by atoms with van der Waals surface area (Å²) < 4.78 is 22.5. The zero-order chi connectivity index (χ0) is 15.2. The molecule has 0 aromatic carbocycles. The van der Waals surface area contributed by atoms with Gasteiger partial charge in [0.05, 0.1) is 18.7 Å². The highest BCUT2D eigenvalue weighted by Gasteiger charge is 2.41. The van der Waals surface area contributed by atoms with E-state index < -0.39 is 19.2 Å². The van der Waals surface area contributed by atoms with Crippen LogP contribution in [-0.2, 0) is 18.4 Å². The van der Waals surface area contributed by atoms with E-state index in [0.717, 1.165) is 0 Å². The number of carbonyl (C=O) groups excluding carboxylic acids is 2. The van der Waals surface area contributed by atoms with E-state index in [9.17, 15) is 14.2 Å². The Balaban J connectivity index is 2.39. The quantitative estimate of drug-likeness (QED) is 0.382. The molecule has 20 heavy (non-hydrogen) atoms. The summed E-state index contributed by atoms with van der Waals surface area (Å²) >= 11 is 1.38. The molecule has 116 valence electrons. The van der Waals surface area contributed by atoms with Crippen molar-refractivity contribution in [2.24, 2.45) is 0 Å². The highest BCUT2D eigenvalue weighted by Crippen LogP contribution is 2.50. The lowest BCUT2D eigenvalue weighted by Crippen LogP contribution is -2.44. The Bertz CT molecular complexity index is 410. The molecule has 0 spiro atoms. The minimum Gasteiger partial charge on any atom is -0.324 e. The molecule has 0 radical (unpaired) electrons. The number of amides is 3. The molecule has 9 heteroatoms. The molecular weight excluding hydrogens is 303 g/mol. The topological polar surface area (TPSA) is 93.7 Å². The van der Waals surface area contributed by atoms with Crippen LogP contribution < -0.4 is 10.6 Å². The molecular formula is C11H21N2O5PS. The van der Waals surface area contributed by atoms with Gasteiger partial charge in [0, 0.05) is 0 Å². The maximum absolute atomic E-state index is 12.2. The fourth-order valence-corrected chi connectivity index (χ4v) is 5.13. The van der Waals surface area contributed by atoms with Crippen LogP contribution in [0.15, 0.2) is 0 Å². The molecule has 7 nitrogen and oxygen atoms in total. The minimum atomic E-state index is -3.05. The van der Waals surface area contributed by atoms with Crippen LogP contribution in [0.4, 0.5) is 4.79 Å². The molecule has 0 aromatic heterocycles. The molecule has 1 fully saturated rings. The van der Waals surface area contributed by atoms with Crippen molar-refractivity contribution >= 4 is 31.3 Å². The summed E-state index contributed by atoms with van der Waals surface area (Å²) in [5, 5.41) is 4.79. The third kappa shape index (κ3) is 4.77. The molecule has 1 saturated heterocycles. The van der Waals surface area contributed by atoms with Gasteiger partial charge >= 0.3 is 13.6 Å². The summed E-state index contributed by atoms with van der Waals surface area (Å²) in [4.78, 5) is 22.7. The van der Waals surface area contributed by atoms with E-state index in [-0.39, 0.29) is 11.4 Å². The Kier molecular flexibility index (Phi) is 6.51. The van der Waals surface area contributed by atoms with Gasteiger partial charge in [-0.2, -0.15) is 0 Å². The van der Waals surface area contributed by atoms with Gasteiger partial charge in [-0.3, -0.25) is 14.7 Å². The predicted molar refractivity (Wildman–Crippen MR) is 77.9 cm³/mol. The van der Waals surface area contributed by atoms with Gasteiger partial charge in [0.2, 0.25) is 0 Å². The first-order chi connectivity index (χ1) is 9.35. The van der Waals surface area contributed by atoms with Gasteiger partial charge in [0.15, 0.2) is 0 Å². The summed E-state index contributed by atoms with van der Waals surface area (Å²) in [5.74, 6) is 0.231. The zero-order valence-corrected chi connectivity index (χ0v) is 13.6. The number of hydrogen-bond acceptors (Lipinski definition) is 6. The highest BCUT2D eigenvalue weighted by molar-refractivity contribution is 8.04. The van der Waals surface area contributed by atoms with Crippen molar-refractivity contribution in [3.63, 3.8) is 0 Å². The second kappa shape index (κ2) is 7.45. The van der Waals surface area contributed by atoms with E-state index in [1.165, 1.54) is 11.8 Å². The lowest BCUT2D eigenvalue weighted by Gasteiger charge is -2.21. The van der Waals surface area contributed by atoms with Crippen LogP contribution in [0.25, 0.3) is 0 Å². The van der Waals surface area contributed by atoms with Crippen LogP contribution >= 0.6 is 19.4 Å². The molecule has 1 aliphatic rings. The average Bonchev–Trinajstić information content (AvgIpc) is 2.60. The van der Waals surface area contributed by atoms with Gasteiger partial charge in [-0.25, -0.2) is 4.79 Å². The third-order valence-electron chi connectivity index (χ3n) is 2.77. The van der Waals surface area contributed by atoms with Crippen molar-refractivity contribution in [3.8, 4) is 0 Å². The number of imide groups is 1. The van der Waals surface area contributed by atoms with Gasteiger partial charge in [-0.1, -0.05) is 0 Å². The molecule has 0 unspecified atom stereocenters. The molecule has 1 heterocycles. The van der Waals surface area contributed by atoms with Crippen molar-refractivity contribution < 1.29 is 23.2 Å². The van der Waals surface area contributed by atoms with Crippen molar-refractivity contribution in [1.29, 1.82) is 0 Å². The summed E-state index contributed by atoms with van der Waals surface area (Å²) in [6.45, 7) is 5.84. The van der Waals surface area contributed by atoms with Crippen LogP contribution in [0.2, 0.25) is 0 Å². The van der Waals surface area contributed by atoms with Crippen molar-refractivity contribution in [2.45, 2.75) is 32.7 Å². The minimum absolute atomic E-state index is 0.236. The fraction of sp³-hybridized carbons (Fsp3) is 0.818. The van der Waals surface area contributed by atoms with Crippen molar-refractivity contribution in [1.82, 2.24) is 10.6 Å². The van der Waals surface area contributed by atoms with Gasteiger partial charge in [0.25, 0.3) is 5.91 Å². The van der Waals surface area contributed by atoms with Crippen LogP contribution in [-0.4, -0.2) is 41.9 Å². The SMILES string of the molecule is CCOP(=O)(CSCC[C@@]1(C)NC(=O)NC1=O)OCC. The summed E-state index contributed by atoms with van der Waals surface area (Å²) in [6, 6.07) is -0.475. The summed E-state index contributed by atoms with van der Waals surface area (Å²) in [7, 11) is -3.05. The fourth-order valence-electron chi connectivity index (χ4n) is 1.71. The number of carbonyl (C=O) groups is 2. The molecule has 0 aliphatic carbocycles. The lowest BCUT2D eigenvalue weighted by molar-refractivity contribution is -0.123. The molecule has 1 aliphatic heterocycles. The standard InChI is InChI=1S/C11H21N2O5PS/c1-4-17-19(16,18-5-2)8-20-7-6-11(3)9(14)12-10(15)13-11/h4-8H2,1-3H3,(H2,12,13,14,15)/t11-/m1/s1. The van der Waals surface area contributed by atoms with Gasteiger partial charge in [-0.15, -0.1) is 11.8 Å². The van der Waals surface area contributed by atoms with Gasteiger partial charge in [-0.05, 0) is 32.9 Å². The summed E-state index contributed by atoms with van der Waals surface area (Å²) in [5.41, 5.74) is -0.661. The molecule has 0 saturated carbocycles. The second-order valence-corrected chi connectivity index (χ2v) is 8.06. The third-order valence-corrected chi connectivity index (χ3v) is 6.56. The van der Waals surface area contributed by atoms with Crippen molar-refractivity contribution in [2.75, 3.05) is 24.5 Å². The van der Waals surface area contributed by atoms with E-state index in [1.807, 2.05) is 0 Å². The van der Waals surface area contributed by atoms with E-state index in [0.29, 0.717) is 25.4 Å². The molecule has 3 amide bonds. The highest BCUT2D eigenvalue weighted by atomic mass is 32.2. The Morgan fingerprint density at radius 1 is 1.25 bits per heavy atom. The Labute approximate surface area is 123 Å². The first-order valence-corrected chi connectivity index (χ1v) is 9.33. The van der Waals surface area contributed by atoms with E-state index >= 15 is 0 Å². The van der Waals surface area contributed by atoms with Crippen LogP contribution in [0.3, 0.4) is 0 Å². The second-order valence-electron chi connectivity index (χ2n) is 4.47. The predicted octanol–water partition coefficient (Wildman–Crippen LogP) is 1.93. The maximum atomic E-state index is 12.2. The average molecular weight is 324 g/mol. The van der Waals surface area contributed by atoms with E-state index in [2.05, 4.69) is 10.6 Å². The first kappa shape index (κ1) is 17.5. The number of urea groups is 1. The monoisotopic (exact) mass is 324 g/mol. The number of rotatable bonds is 9. The zero-order valence-electron chi connectivity index (χ0n) is 11.9. The van der Waals surface area contributed by atoms with E-state index in [4.69, 9.17) is 9.05 Å². The molecule has 0 bridgehead atoms. The van der Waals surface area contributed by atoms with Crippen molar-refractivity contribution in [3.05, 3.63) is 0 Å². The lowest BCUT2D eigenvalue weighted by atomic mass is 10.00. The Morgan fingerprint density at radius 3 is 2.30 bits per heavy atom. The molecule has 0 aromatic rings. The molecule has 1 atom stereocenters. The Hall–Kier alpha value is -0.560. The largest absolute Gasteiger partial charge is 0.340 e.